The highest BCUT2D eigenvalue weighted by atomic mass is 16.6. The van der Waals surface area contributed by atoms with Gasteiger partial charge in [0.15, 0.2) is 5.82 Å². The van der Waals surface area contributed by atoms with E-state index < -0.39 is 0 Å². The van der Waals surface area contributed by atoms with E-state index in [9.17, 15) is 0 Å². The standard InChI is InChI=1S/C20H26N4O2/c1-23-18(17-13-25-10-11-26-17)21-22-19(23)24-12-16(15-6-3-2-4-7-15)20(14-24)8-5-9-20/h2-4,6-7,16-17H,5,8-14H2,1H3. The molecule has 138 valence electrons. The maximum Gasteiger partial charge on any atom is 0.227 e. The van der Waals surface area contributed by atoms with Gasteiger partial charge in [-0.25, -0.2) is 0 Å². The first-order chi connectivity index (χ1) is 12.8. The number of ether oxygens (including phenoxy) is 2. The van der Waals surface area contributed by atoms with Crippen molar-refractivity contribution in [2.75, 3.05) is 37.8 Å². The summed E-state index contributed by atoms with van der Waals surface area (Å²) in [5.74, 6) is 2.40. The van der Waals surface area contributed by atoms with Crippen LogP contribution in [0.5, 0.6) is 0 Å². The average molecular weight is 354 g/mol. The van der Waals surface area contributed by atoms with Gasteiger partial charge in [-0.05, 0) is 23.8 Å². The molecule has 2 aliphatic heterocycles. The molecule has 6 nitrogen and oxygen atoms in total. The normalized spacial score (nSPS) is 27.7. The van der Waals surface area contributed by atoms with Crippen molar-refractivity contribution < 1.29 is 9.47 Å². The maximum atomic E-state index is 5.82. The van der Waals surface area contributed by atoms with E-state index in [0.717, 1.165) is 24.9 Å². The van der Waals surface area contributed by atoms with Crippen molar-refractivity contribution in [3.8, 4) is 0 Å². The van der Waals surface area contributed by atoms with Gasteiger partial charge in [-0.15, -0.1) is 10.2 Å². The second kappa shape index (κ2) is 6.35. The van der Waals surface area contributed by atoms with Gasteiger partial charge in [0.1, 0.15) is 6.10 Å². The predicted molar refractivity (Wildman–Crippen MR) is 98.2 cm³/mol. The molecule has 0 bridgehead atoms. The van der Waals surface area contributed by atoms with Crippen molar-refractivity contribution in [2.45, 2.75) is 31.3 Å². The predicted octanol–water partition coefficient (Wildman–Crippen LogP) is 2.68. The third-order valence-electron chi connectivity index (χ3n) is 6.47. The molecule has 2 saturated heterocycles. The van der Waals surface area contributed by atoms with Crippen LogP contribution in [0.25, 0.3) is 0 Å². The van der Waals surface area contributed by atoms with E-state index in [1.165, 1.54) is 24.8 Å². The first-order valence-electron chi connectivity index (χ1n) is 9.65. The van der Waals surface area contributed by atoms with Crippen LogP contribution in [0.1, 0.15) is 42.7 Å². The second-order valence-corrected chi connectivity index (χ2v) is 7.91. The maximum absolute atomic E-state index is 5.82. The monoisotopic (exact) mass is 354 g/mol. The van der Waals surface area contributed by atoms with E-state index in [4.69, 9.17) is 9.47 Å². The fraction of sp³-hybridized carbons (Fsp3) is 0.600. The first kappa shape index (κ1) is 16.3. The van der Waals surface area contributed by atoms with Gasteiger partial charge in [0.2, 0.25) is 5.95 Å². The molecule has 2 unspecified atom stereocenters. The third-order valence-corrected chi connectivity index (χ3v) is 6.47. The Morgan fingerprint density at radius 3 is 2.65 bits per heavy atom. The molecule has 5 rings (SSSR count). The number of aromatic nitrogens is 3. The van der Waals surface area contributed by atoms with Crippen LogP contribution in [0.2, 0.25) is 0 Å². The van der Waals surface area contributed by atoms with Crippen LogP contribution >= 0.6 is 0 Å². The van der Waals surface area contributed by atoms with Crippen molar-refractivity contribution in [2.24, 2.45) is 12.5 Å². The summed E-state index contributed by atoms with van der Waals surface area (Å²) in [6.45, 7) is 3.92. The van der Waals surface area contributed by atoms with Crippen molar-refractivity contribution in [3.05, 3.63) is 41.7 Å². The number of anilines is 1. The zero-order valence-electron chi connectivity index (χ0n) is 15.3. The van der Waals surface area contributed by atoms with Crippen molar-refractivity contribution >= 4 is 5.95 Å². The third kappa shape index (κ3) is 2.55. The average Bonchev–Trinajstić information content (AvgIpc) is 3.24. The molecule has 2 atom stereocenters. The molecule has 0 amide bonds. The zero-order valence-corrected chi connectivity index (χ0v) is 15.3. The molecule has 1 aromatic heterocycles. The summed E-state index contributed by atoms with van der Waals surface area (Å²) in [6.07, 6.45) is 3.86. The van der Waals surface area contributed by atoms with Crippen LogP contribution in [0.15, 0.2) is 30.3 Å². The highest BCUT2D eigenvalue weighted by Gasteiger charge is 2.51. The van der Waals surface area contributed by atoms with Crippen molar-refractivity contribution in [1.82, 2.24) is 14.8 Å². The topological polar surface area (TPSA) is 52.4 Å². The number of nitrogens with zero attached hydrogens (tertiary/aromatic N) is 4. The molecule has 3 aliphatic rings. The fourth-order valence-electron chi connectivity index (χ4n) is 4.93. The van der Waals surface area contributed by atoms with E-state index in [1.54, 1.807) is 0 Å². The largest absolute Gasteiger partial charge is 0.376 e. The highest BCUT2D eigenvalue weighted by molar-refractivity contribution is 5.40. The molecule has 1 aromatic carbocycles. The van der Waals surface area contributed by atoms with Gasteiger partial charge in [-0.3, -0.25) is 4.57 Å². The number of hydrogen-bond acceptors (Lipinski definition) is 5. The lowest BCUT2D eigenvalue weighted by molar-refractivity contribution is -0.0945. The first-order valence-corrected chi connectivity index (χ1v) is 9.65. The van der Waals surface area contributed by atoms with Gasteiger partial charge < -0.3 is 14.4 Å². The van der Waals surface area contributed by atoms with Crippen LogP contribution in [0.3, 0.4) is 0 Å². The van der Waals surface area contributed by atoms with Gasteiger partial charge in [0.25, 0.3) is 0 Å². The molecular formula is C20H26N4O2. The number of rotatable bonds is 3. The van der Waals surface area contributed by atoms with E-state index >= 15 is 0 Å². The van der Waals surface area contributed by atoms with E-state index in [0.29, 0.717) is 31.2 Å². The van der Waals surface area contributed by atoms with Crippen LogP contribution < -0.4 is 4.90 Å². The second-order valence-electron chi connectivity index (χ2n) is 7.91. The van der Waals surface area contributed by atoms with E-state index in [-0.39, 0.29) is 6.10 Å². The Labute approximate surface area is 154 Å². The SMILES string of the molecule is Cn1c(C2COCCO2)nnc1N1CC(c2ccccc2)C2(CCC2)C1. The summed E-state index contributed by atoms with van der Waals surface area (Å²) < 4.78 is 13.5. The molecule has 3 fully saturated rings. The van der Waals surface area contributed by atoms with Crippen molar-refractivity contribution in [3.63, 3.8) is 0 Å². The van der Waals surface area contributed by atoms with E-state index in [1.807, 2.05) is 7.05 Å². The lowest BCUT2D eigenvalue weighted by atomic mass is 9.61. The molecular weight excluding hydrogens is 328 g/mol. The Balaban J connectivity index is 1.42. The van der Waals surface area contributed by atoms with Crippen LogP contribution in [-0.2, 0) is 16.5 Å². The minimum Gasteiger partial charge on any atom is -0.376 e. The summed E-state index contributed by atoms with van der Waals surface area (Å²) in [4.78, 5) is 2.43. The lowest BCUT2D eigenvalue weighted by Gasteiger charge is -2.43. The van der Waals surface area contributed by atoms with Gasteiger partial charge in [0.05, 0.1) is 19.8 Å². The summed E-state index contributed by atoms with van der Waals surface area (Å²) in [7, 11) is 2.05. The lowest BCUT2D eigenvalue weighted by Crippen LogP contribution is -2.37. The minimum absolute atomic E-state index is 0.111. The van der Waals surface area contributed by atoms with Crippen LogP contribution in [0.4, 0.5) is 5.95 Å². The minimum atomic E-state index is -0.111. The summed E-state index contributed by atoms with van der Waals surface area (Å²) in [5, 5.41) is 8.97. The summed E-state index contributed by atoms with van der Waals surface area (Å²) in [5.41, 5.74) is 1.86. The molecule has 0 radical (unpaired) electrons. The molecule has 26 heavy (non-hydrogen) atoms. The fourth-order valence-corrected chi connectivity index (χ4v) is 4.93. The quantitative estimate of drug-likeness (QED) is 0.848. The summed E-state index contributed by atoms with van der Waals surface area (Å²) in [6, 6.07) is 11.0. The molecule has 0 N–H and O–H groups in total. The van der Waals surface area contributed by atoms with E-state index in [2.05, 4.69) is 50.0 Å². The molecule has 1 spiro atoms. The number of hydrogen-bond donors (Lipinski definition) is 0. The molecule has 1 saturated carbocycles. The summed E-state index contributed by atoms with van der Waals surface area (Å²) >= 11 is 0. The van der Waals surface area contributed by atoms with Crippen molar-refractivity contribution in [1.29, 1.82) is 0 Å². The molecule has 3 heterocycles. The molecule has 6 heteroatoms. The number of benzene rings is 1. The van der Waals surface area contributed by atoms with Crippen LogP contribution in [0, 0.1) is 5.41 Å². The Hall–Kier alpha value is -1.92. The Morgan fingerprint density at radius 1 is 1.12 bits per heavy atom. The van der Waals surface area contributed by atoms with Gasteiger partial charge >= 0.3 is 0 Å². The van der Waals surface area contributed by atoms with Crippen LogP contribution in [-0.4, -0.2) is 47.7 Å². The highest BCUT2D eigenvalue weighted by Crippen LogP contribution is 2.56. The molecule has 1 aliphatic carbocycles. The Morgan fingerprint density at radius 2 is 1.96 bits per heavy atom. The van der Waals surface area contributed by atoms with Gasteiger partial charge in [-0.2, -0.15) is 0 Å². The zero-order chi connectivity index (χ0) is 17.6. The Kier molecular flexibility index (Phi) is 3.98. The van der Waals surface area contributed by atoms with Gasteiger partial charge in [0, 0.05) is 26.1 Å². The Bertz CT molecular complexity index is 765. The molecule has 2 aromatic rings. The smallest absolute Gasteiger partial charge is 0.227 e. The van der Waals surface area contributed by atoms with Gasteiger partial charge in [-0.1, -0.05) is 36.8 Å².